The van der Waals surface area contributed by atoms with Gasteiger partial charge in [0.25, 0.3) is 0 Å². The van der Waals surface area contributed by atoms with Crippen LogP contribution in [0.15, 0.2) is 0 Å². The predicted molar refractivity (Wildman–Crippen MR) is 74.5 cm³/mol. The number of halogens is 1. The molecule has 0 aromatic rings. The third kappa shape index (κ3) is 8.19. The van der Waals surface area contributed by atoms with Crippen molar-refractivity contribution in [3.63, 3.8) is 0 Å². The van der Waals surface area contributed by atoms with Crippen LogP contribution < -0.4 is 0 Å². The van der Waals surface area contributed by atoms with Crippen LogP contribution in [0.3, 0.4) is 0 Å². The van der Waals surface area contributed by atoms with E-state index < -0.39 is 8.80 Å². The topological polar surface area (TPSA) is 27.7 Å². The van der Waals surface area contributed by atoms with Gasteiger partial charge >= 0.3 is 8.80 Å². The lowest BCUT2D eigenvalue weighted by Crippen LogP contribution is -2.43. The molecule has 18 heavy (non-hydrogen) atoms. The molecule has 0 bridgehead atoms. The van der Waals surface area contributed by atoms with Crippen LogP contribution in [-0.2, 0) is 13.3 Å². The molecule has 0 aliphatic rings. The van der Waals surface area contributed by atoms with Crippen molar-refractivity contribution in [3.8, 4) is 0 Å². The quantitative estimate of drug-likeness (QED) is 0.377. The Bertz CT molecular complexity index is 169. The average molecular weight is 280 g/mol. The first-order valence-electron chi connectivity index (χ1n) is 7.05. The Morgan fingerprint density at radius 3 is 1.78 bits per heavy atom. The summed E-state index contributed by atoms with van der Waals surface area (Å²) in [6.07, 6.45) is 7.50. The molecule has 0 aliphatic carbocycles. The van der Waals surface area contributed by atoms with Gasteiger partial charge in [-0.1, -0.05) is 39.0 Å². The summed E-state index contributed by atoms with van der Waals surface area (Å²) in [5.74, 6) is 0. The summed E-state index contributed by atoms with van der Waals surface area (Å²) in [5, 5.41) is 0. The van der Waals surface area contributed by atoms with E-state index in [0.717, 1.165) is 38.1 Å². The smallest absolute Gasteiger partial charge is 0.377 e. The molecule has 0 saturated heterocycles. The van der Waals surface area contributed by atoms with Crippen LogP contribution in [-0.4, -0.2) is 36.3 Å². The monoisotopic (exact) mass is 280 g/mol. The van der Waals surface area contributed by atoms with E-state index in [0.29, 0.717) is 6.61 Å². The Morgan fingerprint density at radius 2 is 1.33 bits per heavy atom. The maximum absolute atomic E-state index is 11.8. The van der Waals surface area contributed by atoms with Gasteiger partial charge in [0.1, 0.15) is 0 Å². The second kappa shape index (κ2) is 12.1. The van der Waals surface area contributed by atoms with Crippen LogP contribution in [0.5, 0.6) is 0 Å². The van der Waals surface area contributed by atoms with Crippen molar-refractivity contribution < 1.29 is 17.7 Å². The third-order valence-corrected chi connectivity index (χ3v) is 5.91. The van der Waals surface area contributed by atoms with Crippen LogP contribution in [0.2, 0.25) is 6.04 Å². The Hall–Kier alpha value is 0.0269. The van der Waals surface area contributed by atoms with Crippen LogP contribution in [0, 0.1) is 0 Å². The molecule has 0 heterocycles. The summed E-state index contributed by atoms with van der Waals surface area (Å²) in [7, 11) is 0.969. The summed E-state index contributed by atoms with van der Waals surface area (Å²) in [6.45, 7) is 2.57. The SMILES string of the molecule is CC[Si](OC)(OC)OCCCCCCCCCF. The molecule has 0 fully saturated rings. The number of unbranched alkanes of at least 4 members (excludes halogenated alkanes) is 6. The highest BCUT2D eigenvalue weighted by molar-refractivity contribution is 6.60. The minimum atomic E-state index is -2.35. The zero-order valence-corrected chi connectivity index (χ0v) is 13.2. The van der Waals surface area contributed by atoms with E-state index in [-0.39, 0.29) is 6.67 Å². The summed E-state index contributed by atoms with van der Waals surface area (Å²) >= 11 is 0. The van der Waals surface area contributed by atoms with Crippen molar-refractivity contribution >= 4 is 8.80 Å². The Balaban J connectivity index is 3.38. The molecule has 3 nitrogen and oxygen atoms in total. The molecular weight excluding hydrogens is 251 g/mol. The van der Waals surface area contributed by atoms with Gasteiger partial charge < -0.3 is 13.3 Å². The molecule has 0 unspecified atom stereocenters. The van der Waals surface area contributed by atoms with E-state index in [4.69, 9.17) is 13.3 Å². The highest BCUT2D eigenvalue weighted by Gasteiger charge is 2.36. The van der Waals surface area contributed by atoms with E-state index in [1.54, 1.807) is 14.2 Å². The average Bonchev–Trinajstić information content (AvgIpc) is 2.42. The lowest BCUT2D eigenvalue weighted by atomic mass is 10.1. The molecule has 0 rings (SSSR count). The van der Waals surface area contributed by atoms with Crippen LogP contribution in [0.4, 0.5) is 4.39 Å². The minimum absolute atomic E-state index is 0.175. The normalized spacial score (nSPS) is 12.0. The third-order valence-electron chi connectivity index (χ3n) is 3.15. The summed E-state index contributed by atoms with van der Waals surface area (Å²) in [5.41, 5.74) is 0. The van der Waals surface area contributed by atoms with Gasteiger partial charge in [-0.25, -0.2) is 0 Å². The van der Waals surface area contributed by atoms with Crippen molar-refractivity contribution in [2.45, 2.75) is 57.9 Å². The first-order valence-corrected chi connectivity index (χ1v) is 8.98. The molecule has 0 aromatic carbocycles. The Morgan fingerprint density at radius 1 is 0.833 bits per heavy atom. The van der Waals surface area contributed by atoms with Crippen LogP contribution in [0.1, 0.15) is 51.9 Å². The van der Waals surface area contributed by atoms with Crippen LogP contribution in [0.25, 0.3) is 0 Å². The fraction of sp³-hybridized carbons (Fsp3) is 1.00. The molecule has 0 N–H and O–H groups in total. The maximum Gasteiger partial charge on any atom is 0.500 e. The number of alkyl halides is 1. The van der Waals surface area contributed by atoms with Gasteiger partial charge in [0.15, 0.2) is 0 Å². The summed E-state index contributed by atoms with van der Waals surface area (Å²) in [6, 6.07) is 0.809. The van der Waals surface area contributed by atoms with Gasteiger partial charge in [0.05, 0.1) is 6.67 Å². The largest absolute Gasteiger partial charge is 0.500 e. The summed E-state index contributed by atoms with van der Waals surface area (Å²) < 4.78 is 28.3. The predicted octanol–water partition coefficient (Wildman–Crippen LogP) is 3.95. The molecule has 0 aliphatic heterocycles. The molecule has 5 heteroatoms. The van der Waals surface area contributed by atoms with Crippen molar-refractivity contribution in [2.75, 3.05) is 27.5 Å². The standard InChI is InChI=1S/C13H29FO3Si/c1-4-18(15-2,16-3)17-13-11-9-7-5-6-8-10-12-14/h4-13H2,1-3H3. The number of rotatable bonds is 13. The minimum Gasteiger partial charge on any atom is -0.377 e. The molecule has 0 saturated carbocycles. The van der Waals surface area contributed by atoms with Crippen molar-refractivity contribution in [1.29, 1.82) is 0 Å². The van der Waals surface area contributed by atoms with Gasteiger partial charge in [-0.3, -0.25) is 4.39 Å². The fourth-order valence-corrected chi connectivity index (χ4v) is 3.54. The summed E-state index contributed by atoms with van der Waals surface area (Å²) in [4.78, 5) is 0. The lowest BCUT2D eigenvalue weighted by Gasteiger charge is -2.24. The van der Waals surface area contributed by atoms with E-state index in [2.05, 4.69) is 0 Å². The first kappa shape index (κ1) is 18.0. The number of hydrogen-bond acceptors (Lipinski definition) is 3. The van der Waals surface area contributed by atoms with Crippen molar-refractivity contribution in [2.24, 2.45) is 0 Å². The van der Waals surface area contributed by atoms with Gasteiger partial charge in [-0.15, -0.1) is 0 Å². The molecule has 0 atom stereocenters. The number of hydrogen-bond donors (Lipinski definition) is 0. The van der Waals surface area contributed by atoms with E-state index in [1.165, 1.54) is 12.8 Å². The molecule has 0 spiro atoms. The Kier molecular flexibility index (Phi) is 12.1. The van der Waals surface area contributed by atoms with Gasteiger partial charge in [0.2, 0.25) is 0 Å². The van der Waals surface area contributed by atoms with Crippen molar-refractivity contribution in [3.05, 3.63) is 0 Å². The van der Waals surface area contributed by atoms with Crippen LogP contribution >= 0.6 is 0 Å². The molecule has 0 amide bonds. The van der Waals surface area contributed by atoms with Gasteiger partial charge in [-0.05, 0) is 12.8 Å². The zero-order valence-electron chi connectivity index (χ0n) is 12.2. The highest BCUT2D eigenvalue weighted by Crippen LogP contribution is 2.14. The lowest BCUT2D eigenvalue weighted by molar-refractivity contribution is 0.0976. The zero-order chi connectivity index (χ0) is 13.7. The van der Waals surface area contributed by atoms with E-state index in [9.17, 15) is 4.39 Å². The molecule has 0 radical (unpaired) electrons. The van der Waals surface area contributed by atoms with E-state index >= 15 is 0 Å². The second-order valence-corrected chi connectivity index (χ2v) is 7.64. The Labute approximate surface area is 112 Å². The van der Waals surface area contributed by atoms with Gasteiger partial charge in [0, 0.05) is 26.9 Å². The first-order chi connectivity index (χ1) is 8.74. The van der Waals surface area contributed by atoms with E-state index in [1.807, 2.05) is 6.92 Å². The highest BCUT2D eigenvalue weighted by atomic mass is 28.4. The molecule has 0 aromatic heterocycles. The molecule has 110 valence electrons. The maximum atomic E-state index is 11.8. The second-order valence-electron chi connectivity index (χ2n) is 4.46. The van der Waals surface area contributed by atoms with Gasteiger partial charge in [-0.2, -0.15) is 0 Å². The fourth-order valence-electron chi connectivity index (χ4n) is 1.90. The molecular formula is C13H29FO3Si. The van der Waals surface area contributed by atoms with Crippen molar-refractivity contribution in [1.82, 2.24) is 0 Å².